The zero-order valence-corrected chi connectivity index (χ0v) is 15.1. The average Bonchev–Trinajstić information content (AvgIpc) is 2.84. The van der Waals surface area contributed by atoms with Crippen LogP contribution in [0.1, 0.15) is 30.4 Å². The predicted molar refractivity (Wildman–Crippen MR) is 104 cm³/mol. The maximum Gasteiger partial charge on any atom is 0.411 e. The first-order valence-electron chi connectivity index (χ1n) is 9.16. The highest BCUT2D eigenvalue weighted by Gasteiger charge is 2.30. The standard InChI is InChI=1S/C22H26N2O2/c1-18-21(14-8-9-15-24(18)22(25)26)23(16-19-10-4-2-5-11-19)17-20-12-6-3-7-13-20/h2-7,10-13,21H,1,8-9,14-17H2,(H,25,26). The number of amides is 1. The number of likely N-dealkylation sites (tertiary alicyclic amines) is 1. The molecule has 1 unspecified atom stereocenters. The Morgan fingerprint density at radius 2 is 1.54 bits per heavy atom. The van der Waals surface area contributed by atoms with Crippen molar-refractivity contribution in [1.29, 1.82) is 0 Å². The molecule has 1 N–H and O–H groups in total. The molecular weight excluding hydrogens is 324 g/mol. The molecule has 1 amide bonds. The maximum atomic E-state index is 11.6. The Labute approximate surface area is 155 Å². The second kappa shape index (κ2) is 8.68. The van der Waals surface area contributed by atoms with Crippen LogP contribution in [0.4, 0.5) is 4.79 Å². The Bertz CT molecular complexity index is 689. The van der Waals surface area contributed by atoms with E-state index < -0.39 is 6.09 Å². The van der Waals surface area contributed by atoms with E-state index in [-0.39, 0.29) is 6.04 Å². The molecule has 4 nitrogen and oxygen atoms in total. The van der Waals surface area contributed by atoms with E-state index >= 15 is 0 Å². The van der Waals surface area contributed by atoms with Crippen molar-refractivity contribution < 1.29 is 9.90 Å². The summed E-state index contributed by atoms with van der Waals surface area (Å²) in [5.41, 5.74) is 3.14. The topological polar surface area (TPSA) is 43.8 Å². The van der Waals surface area contributed by atoms with Gasteiger partial charge >= 0.3 is 6.09 Å². The van der Waals surface area contributed by atoms with E-state index in [1.165, 1.54) is 16.0 Å². The molecular formula is C22H26N2O2. The minimum absolute atomic E-state index is 0.0222. The molecule has 136 valence electrons. The fourth-order valence-electron chi connectivity index (χ4n) is 3.62. The maximum absolute atomic E-state index is 11.6. The smallest absolute Gasteiger partial charge is 0.411 e. The fraction of sp³-hybridized carbons (Fsp3) is 0.318. The van der Waals surface area contributed by atoms with E-state index in [1.54, 1.807) is 0 Å². The van der Waals surface area contributed by atoms with Gasteiger partial charge in [0.1, 0.15) is 0 Å². The molecule has 2 aromatic rings. The second-order valence-corrected chi connectivity index (χ2v) is 6.81. The summed E-state index contributed by atoms with van der Waals surface area (Å²) in [6.45, 7) is 6.24. The first-order chi connectivity index (χ1) is 12.6. The normalized spacial score (nSPS) is 18.0. The molecule has 1 atom stereocenters. The number of hydrogen-bond donors (Lipinski definition) is 1. The molecule has 1 aliphatic rings. The van der Waals surface area contributed by atoms with Gasteiger partial charge in [-0.05, 0) is 30.4 Å². The molecule has 0 saturated carbocycles. The third kappa shape index (κ3) is 4.52. The van der Waals surface area contributed by atoms with Crippen LogP contribution in [0, 0.1) is 0 Å². The lowest BCUT2D eigenvalue weighted by molar-refractivity contribution is 0.140. The zero-order valence-electron chi connectivity index (χ0n) is 15.1. The molecule has 0 aliphatic carbocycles. The molecule has 0 spiro atoms. The van der Waals surface area contributed by atoms with Gasteiger partial charge in [-0.25, -0.2) is 4.79 Å². The molecule has 4 heteroatoms. The lowest BCUT2D eigenvalue weighted by atomic mass is 10.0. The van der Waals surface area contributed by atoms with Gasteiger partial charge < -0.3 is 5.11 Å². The highest BCUT2D eigenvalue weighted by atomic mass is 16.4. The quantitative estimate of drug-likeness (QED) is 0.847. The van der Waals surface area contributed by atoms with Gasteiger partial charge in [0.2, 0.25) is 0 Å². The van der Waals surface area contributed by atoms with E-state index in [9.17, 15) is 9.90 Å². The number of benzene rings is 2. The van der Waals surface area contributed by atoms with Crippen LogP contribution in [-0.2, 0) is 13.1 Å². The summed E-state index contributed by atoms with van der Waals surface area (Å²) in [7, 11) is 0. The lowest BCUT2D eigenvalue weighted by Gasteiger charge is -2.35. The molecule has 2 aromatic carbocycles. The van der Waals surface area contributed by atoms with Gasteiger partial charge in [-0.1, -0.05) is 67.2 Å². The molecule has 1 saturated heterocycles. The SMILES string of the molecule is C=C1C(N(Cc2ccccc2)Cc2ccccc2)CCCCN1C(=O)O. The fourth-order valence-corrected chi connectivity index (χ4v) is 3.62. The zero-order chi connectivity index (χ0) is 18.4. The van der Waals surface area contributed by atoms with Gasteiger partial charge in [0.25, 0.3) is 0 Å². The largest absolute Gasteiger partial charge is 0.465 e. The number of nitrogens with zero attached hydrogens (tertiary/aromatic N) is 2. The summed E-state index contributed by atoms with van der Waals surface area (Å²) in [4.78, 5) is 15.4. The number of hydrogen-bond acceptors (Lipinski definition) is 2. The summed E-state index contributed by atoms with van der Waals surface area (Å²) < 4.78 is 0. The van der Waals surface area contributed by atoms with Crippen molar-refractivity contribution in [2.24, 2.45) is 0 Å². The molecule has 26 heavy (non-hydrogen) atoms. The van der Waals surface area contributed by atoms with Crippen LogP contribution in [0.15, 0.2) is 72.9 Å². The molecule has 1 heterocycles. The van der Waals surface area contributed by atoms with Crippen LogP contribution >= 0.6 is 0 Å². The monoisotopic (exact) mass is 350 g/mol. The summed E-state index contributed by atoms with van der Waals surface area (Å²) in [5, 5.41) is 9.56. The Hall–Kier alpha value is -2.59. The van der Waals surface area contributed by atoms with Crippen molar-refractivity contribution >= 4 is 6.09 Å². The van der Waals surface area contributed by atoms with Crippen LogP contribution in [0.5, 0.6) is 0 Å². The molecule has 1 aliphatic heterocycles. The van der Waals surface area contributed by atoms with Gasteiger partial charge in [0.05, 0.1) is 6.04 Å². The van der Waals surface area contributed by atoms with Gasteiger partial charge in [-0.2, -0.15) is 0 Å². The third-order valence-electron chi connectivity index (χ3n) is 4.97. The average molecular weight is 350 g/mol. The Balaban J connectivity index is 1.87. The van der Waals surface area contributed by atoms with Crippen LogP contribution in [0.25, 0.3) is 0 Å². The first kappa shape index (κ1) is 18.2. The van der Waals surface area contributed by atoms with E-state index in [0.717, 1.165) is 32.4 Å². The van der Waals surface area contributed by atoms with Crippen LogP contribution in [0.3, 0.4) is 0 Å². The predicted octanol–water partition coefficient (Wildman–Crippen LogP) is 4.74. The van der Waals surface area contributed by atoms with Gasteiger partial charge in [-0.15, -0.1) is 0 Å². The minimum Gasteiger partial charge on any atom is -0.465 e. The summed E-state index contributed by atoms with van der Waals surface area (Å²) >= 11 is 0. The van der Waals surface area contributed by atoms with E-state index in [0.29, 0.717) is 12.2 Å². The number of carboxylic acid groups (broad SMARTS) is 1. The molecule has 0 radical (unpaired) electrons. The van der Waals surface area contributed by atoms with Gasteiger partial charge in [0.15, 0.2) is 0 Å². The highest BCUT2D eigenvalue weighted by molar-refractivity contribution is 5.67. The Kier molecular flexibility index (Phi) is 6.08. The van der Waals surface area contributed by atoms with Crippen molar-refractivity contribution in [3.63, 3.8) is 0 Å². The van der Waals surface area contributed by atoms with E-state index in [1.807, 2.05) is 36.4 Å². The highest BCUT2D eigenvalue weighted by Crippen LogP contribution is 2.27. The van der Waals surface area contributed by atoms with Crippen molar-refractivity contribution in [3.05, 3.63) is 84.1 Å². The summed E-state index contributed by atoms with van der Waals surface area (Å²) in [6.07, 6.45) is 1.92. The molecule has 0 bridgehead atoms. The van der Waals surface area contributed by atoms with Crippen molar-refractivity contribution in [1.82, 2.24) is 9.80 Å². The van der Waals surface area contributed by atoms with Crippen LogP contribution in [-0.4, -0.2) is 33.6 Å². The summed E-state index contributed by atoms with van der Waals surface area (Å²) in [5.74, 6) is 0. The van der Waals surface area contributed by atoms with Crippen LogP contribution < -0.4 is 0 Å². The number of rotatable bonds is 5. The van der Waals surface area contributed by atoms with Crippen molar-refractivity contribution in [3.8, 4) is 0 Å². The van der Waals surface area contributed by atoms with E-state index in [4.69, 9.17) is 0 Å². The third-order valence-corrected chi connectivity index (χ3v) is 4.97. The van der Waals surface area contributed by atoms with Gasteiger partial charge in [0, 0.05) is 25.3 Å². The van der Waals surface area contributed by atoms with Crippen LogP contribution in [0.2, 0.25) is 0 Å². The number of carbonyl (C=O) groups is 1. The minimum atomic E-state index is -0.902. The Morgan fingerprint density at radius 1 is 1.00 bits per heavy atom. The summed E-state index contributed by atoms with van der Waals surface area (Å²) in [6, 6.07) is 20.7. The molecule has 1 fully saturated rings. The first-order valence-corrected chi connectivity index (χ1v) is 9.16. The van der Waals surface area contributed by atoms with Crippen molar-refractivity contribution in [2.75, 3.05) is 6.54 Å². The van der Waals surface area contributed by atoms with E-state index in [2.05, 4.69) is 35.7 Å². The Morgan fingerprint density at radius 3 is 2.04 bits per heavy atom. The molecule has 3 rings (SSSR count). The van der Waals surface area contributed by atoms with Crippen molar-refractivity contribution in [2.45, 2.75) is 38.4 Å². The lowest BCUT2D eigenvalue weighted by Crippen LogP contribution is -2.41. The second-order valence-electron chi connectivity index (χ2n) is 6.81. The molecule has 0 aromatic heterocycles. The van der Waals surface area contributed by atoms with Gasteiger partial charge in [-0.3, -0.25) is 9.80 Å².